The number of nitrogen functional groups attached to an aromatic ring is 1. The molecule has 0 heterocycles. The molecule has 0 saturated heterocycles. The van der Waals surface area contributed by atoms with Crippen LogP contribution in [0.3, 0.4) is 0 Å². The lowest BCUT2D eigenvalue weighted by Crippen LogP contribution is -1.97. The van der Waals surface area contributed by atoms with Crippen LogP contribution in [0.25, 0.3) is 0 Å². The predicted molar refractivity (Wildman–Crippen MR) is 71.7 cm³/mol. The van der Waals surface area contributed by atoms with Crippen molar-refractivity contribution in [1.29, 1.82) is 0 Å². The summed E-state index contributed by atoms with van der Waals surface area (Å²) in [5.41, 5.74) is 6.16. The first kappa shape index (κ1) is 13.6. The van der Waals surface area contributed by atoms with Gasteiger partial charge in [-0.2, -0.15) is 0 Å². The predicted octanol–water partition coefficient (Wildman–Crippen LogP) is 4.56. The second-order valence-corrected chi connectivity index (χ2v) is 4.42. The smallest absolute Gasteiger partial charge is 0.156 e. The molecule has 2 rings (SSSR count). The summed E-state index contributed by atoms with van der Waals surface area (Å²) in [6.07, 6.45) is 0.725. The van der Waals surface area contributed by atoms with Gasteiger partial charge in [-0.15, -0.1) is 0 Å². The Morgan fingerprint density at radius 1 is 1.21 bits per heavy atom. The van der Waals surface area contributed by atoms with Gasteiger partial charge in [0, 0.05) is 17.2 Å². The first-order valence-electron chi connectivity index (χ1n) is 5.72. The third kappa shape index (κ3) is 2.96. The molecule has 0 aliphatic rings. The highest BCUT2D eigenvalue weighted by Gasteiger charge is 2.11. The fourth-order valence-electron chi connectivity index (χ4n) is 1.66. The maximum absolute atomic E-state index is 13.3. The van der Waals surface area contributed by atoms with E-state index in [1.54, 1.807) is 18.2 Å². The van der Waals surface area contributed by atoms with Gasteiger partial charge in [-0.1, -0.05) is 18.5 Å². The number of anilines is 1. The Kier molecular flexibility index (Phi) is 3.90. The minimum atomic E-state index is -0.848. The topological polar surface area (TPSA) is 35.2 Å². The third-order valence-electron chi connectivity index (χ3n) is 2.68. The van der Waals surface area contributed by atoms with E-state index in [-0.39, 0.29) is 11.4 Å². The van der Waals surface area contributed by atoms with Gasteiger partial charge in [0.15, 0.2) is 11.6 Å². The molecule has 19 heavy (non-hydrogen) atoms. The maximum atomic E-state index is 13.3. The Labute approximate surface area is 114 Å². The molecule has 0 aliphatic carbocycles. The van der Waals surface area contributed by atoms with Gasteiger partial charge in [-0.05, 0) is 30.2 Å². The molecule has 100 valence electrons. The molecule has 2 nitrogen and oxygen atoms in total. The van der Waals surface area contributed by atoms with E-state index in [1.807, 2.05) is 6.92 Å². The van der Waals surface area contributed by atoms with Crippen LogP contribution in [0.4, 0.5) is 14.5 Å². The van der Waals surface area contributed by atoms with E-state index in [0.29, 0.717) is 16.8 Å². The van der Waals surface area contributed by atoms with Crippen LogP contribution in [0.15, 0.2) is 30.3 Å². The standard InChI is InChI=1S/C14H12ClF2NO/c1-2-8-5-10(3-4-11(8)15)19-13-7-9(16)6-12(17)14(13)18/h3-7H,2,18H2,1H3. The van der Waals surface area contributed by atoms with Crippen LogP contribution in [0, 0.1) is 11.6 Å². The lowest BCUT2D eigenvalue weighted by atomic mass is 10.1. The van der Waals surface area contributed by atoms with E-state index in [4.69, 9.17) is 22.1 Å². The number of rotatable bonds is 3. The first-order chi connectivity index (χ1) is 9.01. The molecule has 0 aliphatic heterocycles. The van der Waals surface area contributed by atoms with Crippen LogP contribution in [0.1, 0.15) is 12.5 Å². The molecule has 0 radical (unpaired) electrons. The number of benzene rings is 2. The summed E-state index contributed by atoms with van der Waals surface area (Å²) >= 11 is 5.98. The van der Waals surface area contributed by atoms with Gasteiger partial charge in [-0.25, -0.2) is 8.78 Å². The van der Waals surface area contributed by atoms with E-state index in [9.17, 15) is 8.78 Å². The Morgan fingerprint density at radius 2 is 1.95 bits per heavy atom. The molecule has 0 saturated carbocycles. The molecule has 0 atom stereocenters. The molecule has 0 bridgehead atoms. The molecular weight excluding hydrogens is 272 g/mol. The van der Waals surface area contributed by atoms with Gasteiger partial charge in [-0.3, -0.25) is 0 Å². The van der Waals surface area contributed by atoms with Crippen LogP contribution >= 0.6 is 11.6 Å². The van der Waals surface area contributed by atoms with Gasteiger partial charge >= 0.3 is 0 Å². The fraction of sp³-hybridized carbons (Fsp3) is 0.143. The van der Waals surface area contributed by atoms with Crippen molar-refractivity contribution in [2.45, 2.75) is 13.3 Å². The van der Waals surface area contributed by atoms with Crippen molar-refractivity contribution in [2.75, 3.05) is 5.73 Å². The van der Waals surface area contributed by atoms with Crippen molar-refractivity contribution < 1.29 is 13.5 Å². The quantitative estimate of drug-likeness (QED) is 0.838. The van der Waals surface area contributed by atoms with Crippen LogP contribution < -0.4 is 10.5 Å². The van der Waals surface area contributed by atoms with E-state index in [1.165, 1.54) is 0 Å². The summed E-state index contributed by atoms with van der Waals surface area (Å²) in [5, 5.41) is 0.619. The Hall–Kier alpha value is -1.81. The highest BCUT2D eigenvalue weighted by molar-refractivity contribution is 6.31. The lowest BCUT2D eigenvalue weighted by molar-refractivity contribution is 0.471. The number of ether oxygens (including phenoxy) is 1. The first-order valence-corrected chi connectivity index (χ1v) is 6.10. The van der Waals surface area contributed by atoms with E-state index >= 15 is 0 Å². The van der Waals surface area contributed by atoms with Crippen LogP contribution in [-0.4, -0.2) is 0 Å². The van der Waals surface area contributed by atoms with Crippen LogP contribution in [0.2, 0.25) is 5.02 Å². The largest absolute Gasteiger partial charge is 0.455 e. The minimum Gasteiger partial charge on any atom is -0.455 e. The van der Waals surface area contributed by atoms with Gasteiger partial charge in [0.1, 0.15) is 17.3 Å². The van der Waals surface area contributed by atoms with Crippen molar-refractivity contribution in [1.82, 2.24) is 0 Å². The molecule has 5 heteroatoms. The van der Waals surface area contributed by atoms with Crippen molar-refractivity contribution >= 4 is 17.3 Å². The average molecular weight is 284 g/mol. The summed E-state index contributed by atoms with van der Waals surface area (Å²) < 4.78 is 31.8. The van der Waals surface area contributed by atoms with Crippen molar-refractivity contribution in [3.8, 4) is 11.5 Å². The van der Waals surface area contributed by atoms with Gasteiger partial charge in [0.05, 0.1) is 0 Å². The third-order valence-corrected chi connectivity index (χ3v) is 3.05. The summed E-state index contributed by atoms with van der Waals surface area (Å²) in [7, 11) is 0. The molecule has 0 aromatic heterocycles. The summed E-state index contributed by atoms with van der Waals surface area (Å²) in [6.45, 7) is 1.95. The molecule has 0 spiro atoms. The average Bonchev–Trinajstić information content (AvgIpc) is 2.37. The van der Waals surface area contributed by atoms with Gasteiger partial charge in [0.25, 0.3) is 0 Å². The zero-order chi connectivity index (χ0) is 14.0. The summed E-state index contributed by atoms with van der Waals surface area (Å²) in [5.74, 6) is -1.22. The fourth-order valence-corrected chi connectivity index (χ4v) is 1.91. The maximum Gasteiger partial charge on any atom is 0.156 e. The number of hydrogen-bond donors (Lipinski definition) is 1. The highest BCUT2D eigenvalue weighted by Crippen LogP contribution is 2.32. The Morgan fingerprint density at radius 3 is 2.63 bits per heavy atom. The normalized spacial score (nSPS) is 10.5. The Bertz CT molecular complexity index is 617. The minimum absolute atomic E-state index is 0.0538. The monoisotopic (exact) mass is 283 g/mol. The van der Waals surface area contributed by atoms with Gasteiger partial charge in [0.2, 0.25) is 0 Å². The molecular formula is C14H12ClF2NO. The Balaban J connectivity index is 2.36. The van der Waals surface area contributed by atoms with E-state index < -0.39 is 11.6 Å². The van der Waals surface area contributed by atoms with Crippen molar-refractivity contribution in [2.24, 2.45) is 0 Å². The molecule has 2 aromatic rings. The van der Waals surface area contributed by atoms with Crippen LogP contribution in [-0.2, 0) is 6.42 Å². The number of aryl methyl sites for hydroxylation is 1. The number of halogens is 3. The van der Waals surface area contributed by atoms with Crippen LogP contribution in [0.5, 0.6) is 11.5 Å². The summed E-state index contributed by atoms with van der Waals surface area (Å²) in [6, 6.07) is 6.75. The SMILES string of the molecule is CCc1cc(Oc2cc(F)cc(F)c2N)ccc1Cl. The second kappa shape index (κ2) is 5.45. The number of nitrogens with two attached hydrogens (primary N) is 1. The molecule has 0 unspecified atom stereocenters. The van der Waals surface area contributed by atoms with E-state index in [2.05, 4.69) is 0 Å². The zero-order valence-electron chi connectivity index (χ0n) is 10.2. The molecule has 0 fully saturated rings. The van der Waals surface area contributed by atoms with E-state index in [0.717, 1.165) is 18.1 Å². The second-order valence-electron chi connectivity index (χ2n) is 4.01. The highest BCUT2D eigenvalue weighted by atomic mass is 35.5. The lowest BCUT2D eigenvalue weighted by Gasteiger charge is -2.11. The summed E-state index contributed by atoms with van der Waals surface area (Å²) in [4.78, 5) is 0. The van der Waals surface area contributed by atoms with Gasteiger partial charge < -0.3 is 10.5 Å². The molecule has 2 aromatic carbocycles. The number of hydrogen-bond acceptors (Lipinski definition) is 2. The molecule has 0 amide bonds. The van der Waals surface area contributed by atoms with Crippen molar-refractivity contribution in [3.05, 3.63) is 52.6 Å². The molecule has 2 N–H and O–H groups in total. The van der Waals surface area contributed by atoms with Crippen molar-refractivity contribution in [3.63, 3.8) is 0 Å². The zero-order valence-corrected chi connectivity index (χ0v) is 11.0.